The molecule has 1 heterocycles. The maximum atomic E-state index is 12.9. The van der Waals surface area contributed by atoms with Crippen LogP contribution in [0.1, 0.15) is 21.6 Å². The van der Waals surface area contributed by atoms with Gasteiger partial charge in [-0.2, -0.15) is 5.10 Å². The lowest BCUT2D eigenvalue weighted by molar-refractivity contribution is 0.0955. The first-order valence-electron chi connectivity index (χ1n) is 7.34. The van der Waals surface area contributed by atoms with Crippen molar-refractivity contribution in [2.75, 3.05) is 0 Å². The molecule has 0 aliphatic heterocycles. The van der Waals surface area contributed by atoms with Crippen LogP contribution in [0.2, 0.25) is 0 Å². The summed E-state index contributed by atoms with van der Waals surface area (Å²) >= 11 is 0. The minimum absolute atomic E-state index is 0.327. The van der Waals surface area contributed by atoms with Crippen LogP contribution in [-0.4, -0.2) is 16.6 Å². The van der Waals surface area contributed by atoms with Crippen LogP contribution in [-0.2, 0) is 0 Å². The average molecular weight is 319 g/mol. The summed E-state index contributed by atoms with van der Waals surface area (Å²) < 4.78 is 12.9. The number of hydrogen-bond donors (Lipinski definition) is 1. The van der Waals surface area contributed by atoms with Crippen molar-refractivity contribution in [1.82, 2.24) is 10.4 Å². The van der Waals surface area contributed by atoms with E-state index in [2.05, 4.69) is 15.5 Å². The van der Waals surface area contributed by atoms with Gasteiger partial charge in [0.05, 0.1) is 5.69 Å². The third-order valence-electron chi connectivity index (χ3n) is 3.33. The van der Waals surface area contributed by atoms with E-state index in [9.17, 15) is 9.18 Å². The molecule has 0 bridgehead atoms. The first kappa shape index (κ1) is 15.6. The van der Waals surface area contributed by atoms with E-state index in [1.165, 1.54) is 24.3 Å². The molecule has 2 aromatic carbocycles. The second kappa shape index (κ2) is 7.28. The molecule has 24 heavy (non-hydrogen) atoms. The van der Waals surface area contributed by atoms with Crippen LogP contribution in [0.25, 0.3) is 0 Å². The monoisotopic (exact) mass is 319 g/mol. The summed E-state index contributed by atoms with van der Waals surface area (Å²) in [5, 5.41) is 4.22. The molecular weight excluding hydrogens is 305 g/mol. The first-order valence-corrected chi connectivity index (χ1v) is 7.34. The summed E-state index contributed by atoms with van der Waals surface area (Å²) in [5.41, 5.74) is 4.85. The Morgan fingerprint density at radius 2 is 1.58 bits per heavy atom. The van der Waals surface area contributed by atoms with E-state index in [1.807, 2.05) is 48.5 Å². The number of amides is 1. The fourth-order valence-electron chi connectivity index (χ4n) is 2.14. The summed E-state index contributed by atoms with van der Waals surface area (Å²) in [7, 11) is 0. The number of pyridine rings is 1. The summed E-state index contributed by atoms with van der Waals surface area (Å²) in [6.45, 7) is 0. The Hall–Kier alpha value is -3.34. The van der Waals surface area contributed by atoms with E-state index in [0.29, 0.717) is 17.0 Å². The van der Waals surface area contributed by atoms with Crippen molar-refractivity contribution in [2.45, 2.75) is 0 Å². The Bertz CT molecular complexity index is 805. The summed E-state index contributed by atoms with van der Waals surface area (Å²) in [6.07, 6.45) is 1.66. The predicted molar refractivity (Wildman–Crippen MR) is 90.2 cm³/mol. The summed E-state index contributed by atoms with van der Waals surface area (Å²) in [5.74, 6) is -0.812. The van der Waals surface area contributed by atoms with E-state index >= 15 is 0 Å². The zero-order valence-corrected chi connectivity index (χ0v) is 12.7. The second-order valence-electron chi connectivity index (χ2n) is 4.99. The third kappa shape index (κ3) is 3.70. The number of nitrogens with one attached hydrogen (secondary N) is 1. The molecule has 5 heteroatoms. The minimum Gasteiger partial charge on any atom is -0.267 e. The highest BCUT2D eigenvalue weighted by molar-refractivity contribution is 6.12. The number of hydrazone groups is 1. The van der Waals surface area contributed by atoms with Gasteiger partial charge in [-0.1, -0.05) is 36.4 Å². The van der Waals surface area contributed by atoms with Gasteiger partial charge in [0.2, 0.25) is 0 Å². The van der Waals surface area contributed by atoms with Gasteiger partial charge in [-0.25, -0.2) is 9.82 Å². The highest BCUT2D eigenvalue weighted by Crippen LogP contribution is 2.09. The molecule has 0 atom stereocenters. The van der Waals surface area contributed by atoms with Gasteiger partial charge in [-0.05, 0) is 36.4 Å². The topological polar surface area (TPSA) is 54.4 Å². The number of aromatic nitrogens is 1. The normalized spacial score (nSPS) is 11.1. The lowest BCUT2D eigenvalue weighted by Gasteiger charge is -2.07. The number of halogens is 1. The molecule has 0 saturated heterocycles. The molecule has 0 radical (unpaired) electrons. The number of nitrogens with zero attached hydrogens (tertiary/aromatic N) is 2. The minimum atomic E-state index is -0.417. The Balaban J connectivity index is 1.90. The van der Waals surface area contributed by atoms with Crippen molar-refractivity contribution >= 4 is 11.6 Å². The lowest BCUT2D eigenvalue weighted by Crippen LogP contribution is -2.21. The van der Waals surface area contributed by atoms with Gasteiger partial charge < -0.3 is 0 Å². The van der Waals surface area contributed by atoms with Crippen molar-refractivity contribution in [1.29, 1.82) is 0 Å². The third-order valence-corrected chi connectivity index (χ3v) is 3.33. The van der Waals surface area contributed by atoms with Crippen molar-refractivity contribution in [3.8, 4) is 0 Å². The zero-order chi connectivity index (χ0) is 16.8. The molecule has 3 rings (SSSR count). The van der Waals surface area contributed by atoms with Crippen LogP contribution in [0.5, 0.6) is 0 Å². The van der Waals surface area contributed by atoms with Crippen molar-refractivity contribution in [2.24, 2.45) is 5.10 Å². The molecule has 0 aliphatic rings. The van der Waals surface area contributed by atoms with E-state index in [-0.39, 0.29) is 0 Å². The summed E-state index contributed by atoms with van der Waals surface area (Å²) in [6, 6.07) is 20.2. The molecule has 0 unspecified atom stereocenters. The predicted octanol–water partition coefficient (Wildman–Crippen LogP) is 3.40. The molecule has 0 saturated carbocycles. The molecule has 1 aromatic heterocycles. The van der Waals surface area contributed by atoms with Crippen LogP contribution in [0.15, 0.2) is 84.1 Å². The van der Waals surface area contributed by atoms with E-state index in [4.69, 9.17) is 0 Å². The molecule has 3 aromatic rings. The van der Waals surface area contributed by atoms with Crippen LogP contribution in [0.3, 0.4) is 0 Å². The Kier molecular flexibility index (Phi) is 4.72. The smallest absolute Gasteiger partial charge is 0.267 e. The van der Waals surface area contributed by atoms with Crippen LogP contribution in [0.4, 0.5) is 4.39 Å². The SMILES string of the molecule is O=C(N/N=C(/c1ccccc1)c1ccccn1)c1ccc(F)cc1. The van der Waals surface area contributed by atoms with Gasteiger partial charge in [0.25, 0.3) is 5.91 Å². The lowest BCUT2D eigenvalue weighted by atomic mass is 10.1. The fourth-order valence-corrected chi connectivity index (χ4v) is 2.14. The number of carbonyl (C=O) groups is 1. The van der Waals surface area contributed by atoms with Gasteiger partial charge in [-0.3, -0.25) is 9.78 Å². The van der Waals surface area contributed by atoms with Gasteiger partial charge >= 0.3 is 0 Å². The van der Waals surface area contributed by atoms with E-state index < -0.39 is 11.7 Å². The average Bonchev–Trinajstić information content (AvgIpc) is 2.64. The van der Waals surface area contributed by atoms with Crippen molar-refractivity contribution in [3.05, 3.63) is 102 Å². The van der Waals surface area contributed by atoms with Crippen LogP contribution in [0, 0.1) is 5.82 Å². The molecule has 118 valence electrons. The highest BCUT2D eigenvalue weighted by atomic mass is 19.1. The molecule has 4 nitrogen and oxygen atoms in total. The molecule has 0 spiro atoms. The molecule has 0 aliphatic carbocycles. The van der Waals surface area contributed by atoms with Crippen molar-refractivity contribution in [3.63, 3.8) is 0 Å². The second-order valence-corrected chi connectivity index (χ2v) is 4.99. The standard InChI is InChI=1S/C19H14FN3O/c20-16-11-9-15(10-12-16)19(24)23-22-18(14-6-2-1-3-7-14)17-8-4-5-13-21-17/h1-13H,(H,23,24)/b22-18-. The Morgan fingerprint density at radius 3 is 2.25 bits per heavy atom. The Morgan fingerprint density at radius 1 is 0.875 bits per heavy atom. The fraction of sp³-hybridized carbons (Fsp3) is 0. The zero-order valence-electron chi connectivity index (χ0n) is 12.7. The number of rotatable bonds is 4. The highest BCUT2D eigenvalue weighted by Gasteiger charge is 2.10. The Labute approximate surface area is 138 Å². The molecule has 0 fully saturated rings. The van der Waals surface area contributed by atoms with Gasteiger partial charge in [0.1, 0.15) is 11.5 Å². The van der Waals surface area contributed by atoms with Crippen molar-refractivity contribution < 1.29 is 9.18 Å². The van der Waals surface area contributed by atoms with E-state index in [0.717, 1.165) is 5.56 Å². The number of hydrogen-bond acceptors (Lipinski definition) is 3. The van der Waals surface area contributed by atoms with Crippen LogP contribution < -0.4 is 5.43 Å². The van der Waals surface area contributed by atoms with E-state index in [1.54, 1.807) is 6.20 Å². The number of carbonyl (C=O) groups excluding carboxylic acids is 1. The van der Waals surface area contributed by atoms with Crippen LogP contribution >= 0.6 is 0 Å². The maximum Gasteiger partial charge on any atom is 0.271 e. The van der Waals surface area contributed by atoms with Gasteiger partial charge in [0.15, 0.2) is 0 Å². The quantitative estimate of drug-likeness (QED) is 0.592. The maximum absolute atomic E-state index is 12.9. The van der Waals surface area contributed by atoms with Gasteiger partial charge in [-0.15, -0.1) is 0 Å². The molecular formula is C19H14FN3O. The molecule has 1 amide bonds. The first-order chi connectivity index (χ1) is 11.7. The molecule has 1 N–H and O–H groups in total. The largest absolute Gasteiger partial charge is 0.271 e. The summed E-state index contributed by atoms with van der Waals surface area (Å²) in [4.78, 5) is 16.4. The van der Waals surface area contributed by atoms with Gasteiger partial charge in [0, 0.05) is 17.3 Å². The number of benzene rings is 2.